The van der Waals surface area contributed by atoms with E-state index in [1.54, 1.807) is 0 Å². The van der Waals surface area contributed by atoms with Gasteiger partial charge in [-0.2, -0.15) is 26.3 Å². The standard InChI is InChI=1S/C26H28F6N8O3/c27-25(28,29)9-39(8-17-20(41)21(42)24(43-17)40-11-36-19-22(33)34-10-35-23(19)40)14-5-12(6-14)1-4-18-37-15-3-2-13(26(30,31)32)7-16(15)38-18/h2-3,7,10-12,14,17,20-21,24,41-42H,1,4-6,8-9H2,(H,37,38)(H2,33,34,35)/t12-,14+,17-,20-,21-,24-/m1/s1. The Kier molecular flexibility index (Phi) is 7.46. The Bertz CT molecular complexity index is 1600. The summed E-state index contributed by atoms with van der Waals surface area (Å²) in [6, 6.07) is 2.83. The molecule has 1 aliphatic carbocycles. The number of aryl methyl sites for hydroxylation is 1. The molecule has 0 amide bonds. The van der Waals surface area contributed by atoms with E-state index in [0.29, 0.717) is 37.0 Å². The van der Waals surface area contributed by atoms with E-state index in [9.17, 15) is 36.6 Å². The summed E-state index contributed by atoms with van der Waals surface area (Å²) < 4.78 is 86.8. The molecule has 2 aliphatic rings. The number of ether oxygens (including phenoxy) is 1. The van der Waals surface area contributed by atoms with Crippen LogP contribution in [0.25, 0.3) is 22.2 Å². The lowest BCUT2D eigenvalue weighted by atomic mass is 9.76. The Labute approximate surface area is 239 Å². The second kappa shape index (κ2) is 10.9. The number of hydrogen-bond donors (Lipinski definition) is 4. The highest BCUT2D eigenvalue weighted by atomic mass is 19.4. The van der Waals surface area contributed by atoms with Gasteiger partial charge in [0, 0.05) is 19.0 Å². The quantitative estimate of drug-likeness (QED) is 0.219. The number of aliphatic hydroxyl groups excluding tert-OH is 2. The number of anilines is 1. The molecule has 2 fully saturated rings. The van der Waals surface area contributed by atoms with Gasteiger partial charge in [0.25, 0.3) is 0 Å². The highest BCUT2D eigenvalue weighted by Gasteiger charge is 2.48. The third-order valence-electron chi connectivity index (χ3n) is 8.17. The van der Waals surface area contributed by atoms with Crippen LogP contribution in [0.3, 0.4) is 0 Å². The maximum absolute atomic E-state index is 13.5. The second-order valence-corrected chi connectivity index (χ2v) is 11.1. The van der Waals surface area contributed by atoms with E-state index in [0.717, 1.165) is 12.1 Å². The Morgan fingerprint density at radius 2 is 1.84 bits per heavy atom. The highest BCUT2D eigenvalue weighted by Crippen LogP contribution is 2.39. The van der Waals surface area contributed by atoms with Crippen molar-refractivity contribution < 1.29 is 41.3 Å². The minimum Gasteiger partial charge on any atom is -0.387 e. The van der Waals surface area contributed by atoms with E-state index in [2.05, 4.69) is 24.9 Å². The van der Waals surface area contributed by atoms with Crippen molar-refractivity contribution in [2.75, 3.05) is 18.8 Å². The van der Waals surface area contributed by atoms with Crippen LogP contribution in [0, 0.1) is 5.92 Å². The van der Waals surface area contributed by atoms with E-state index < -0.39 is 55.0 Å². The number of alkyl halides is 6. The molecule has 232 valence electrons. The Morgan fingerprint density at radius 3 is 2.56 bits per heavy atom. The van der Waals surface area contributed by atoms with E-state index >= 15 is 0 Å². The van der Waals surface area contributed by atoms with Crippen molar-refractivity contribution in [1.82, 2.24) is 34.4 Å². The average Bonchev–Trinajstić information content (AvgIpc) is 3.58. The van der Waals surface area contributed by atoms with Gasteiger partial charge in [0.2, 0.25) is 0 Å². The summed E-state index contributed by atoms with van der Waals surface area (Å²) in [7, 11) is 0. The highest BCUT2D eigenvalue weighted by molar-refractivity contribution is 5.81. The van der Waals surface area contributed by atoms with Gasteiger partial charge in [-0.05, 0) is 43.4 Å². The predicted octanol–water partition coefficient (Wildman–Crippen LogP) is 3.20. The Balaban J connectivity index is 1.08. The smallest absolute Gasteiger partial charge is 0.387 e. The first-order valence-corrected chi connectivity index (χ1v) is 13.6. The molecular weight excluding hydrogens is 586 g/mol. The molecule has 0 radical (unpaired) electrons. The number of benzene rings is 1. The monoisotopic (exact) mass is 614 g/mol. The molecule has 0 unspecified atom stereocenters. The number of imidazole rings is 2. The number of nitrogens with two attached hydrogens (primary N) is 1. The fraction of sp³-hybridized carbons (Fsp3) is 0.538. The van der Waals surface area contributed by atoms with Crippen molar-refractivity contribution in [2.24, 2.45) is 5.92 Å². The number of nitrogens with one attached hydrogen (secondary N) is 1. The van der Waals surface area contributed by atoms with Crippen LogP contribution in [0.2, 0.25) is 0 Å². The lowest BCUT2D eigenvalue weighted by molar-refractivity contribution is -0.164. The summed E-state index contributed by atoms with van der Waals surface area (Å²) in [4.78, 5) is 20.5. The van der Waals surface area contributed by atoms with Gasteiger partial charge in [-0.25, -0.2) is 19.9 Å². The van der Waals surface area contributed by atoms with E-state index in [-0.39, 0.29) is 35.0 Å². The number of aliphatic hydroxyl groups is 2. The predicted molar refractivity (Wildman–Crippen MR) is 139 cm³/mol. The number of halogens is 6. The number of aromatic amines is 1. The van der Waals surface area contributed by atoms with Gasteiger partial charge in [-0.3, -0.25) is 9.47 Å². The molecule has 0 spiro atoms. The van der Waals surface area contributed by atoms with Crippen molar-refractivity contribution in [3.05, 3.63) is 42.2 Å². The Morgan fingerprint density at radius 1 is 1.07 bits per heavy atom. The molecule has 0 bridgehead atoms. The van der Waals surface area contributed by atoms with Gasteiger partial charge in [-0.15, -0.1) is 0 Å². The van der Waals surface area contributed by atoms with Crippen LogP contribution < -0.4 is 5.73 Å². The summed E-state index contributed by atoms with van der Waals surface area (Å²) in [5.41, 5.74) is 6.17. The fourth-order valence-corrected chi connectivity index (χ4v) is 5.90. The largest absolute Gasteiger partial charge is 0.416 e. The van der Waals surface area contributed by atoms with Crippen molar-refractivity contribution in [3.8, 4) is 0 Å². The zero-order valence-corrected chi connectivity index (χ0v) is 22.4. The molecule has 4 aromatic rings. The normalized spacial score (nSPS) is 26.5. The maximum Gasteiger partial charge on any atom is 0.416 e. The number of nitrogens with zero attached hydrogens (tertiary/aromatic N) is 6. The summed E-state index contributed by atoms with van der Waals surface area (Å²) in [5, 5.41) is 21.4. The Hall–Kier alpha value is -3.54. The SMILES string of the molecule is Nc1ncnc2c1ncn2[C@@H]1O[C@H](CN(CC(F)(F)F)[C@H]2C[C@@H](CCc3nc4cc(C(F)(F)F)ccc4[nH]3)C2)[C@@H](O)[C@H]1O. The van der Waals surface area contributed by atoms with Crippen molar-refractivity contribution in [1.29, 1.82) is 0 Å². The van der Waals surface area contributed by atoms with Crippen molar-refractivity contribution in [2.45, 2.75) is 68.6 Å². The van der Waals surface area contributed by atoms with E-state index in [1.165, 1.54) is 28.2 Å². The molecule has 3 aromatic heterocycles. The van der Waals surface area contributed by atoms with Crippen molar-refractivity contribution in [3.63, 3.8) is 0 Å². The second-order valence-electron chi connectivity index (χ2n) is 11.1. The molecule has 1 saturated heterocycles. The molecule has 4 atom stereocenters. The number of hydrogen-bond acceptors (Lipinski definition) is 9. The fourth-order valence-electron chi connectivity index (χ4n) is 5.90. The van der Waals surface area contributed by atoms with E-state index in [1.807, 2.05) is 0 Å². The molecular formula is C26H28F6N8O3. The number of aromatic nitrogens is 6. The number of rotatable bonds is 8. The third-order valence-corrected chi connectivity index (χ3v) is 8.17. The number of nitrogen functional groups attached to an aromatic ring is 1. The minimum absolute atomic E-state index is 0.0786. The van der Waals surface area contributed by atoms with Gasteiger partial charge >= 0.3 is 12.4 Å². The van der Waals surface area contributed by atoms with Gasteiger partial charge in [-0.1, -0.05) is 0 Å². The van der Waals surface area contributed by atoms with Gasteiger partial charge < -0.3 is 25.7 Å². The molecule has 4 heterocycles. The van der Waals surface area contributed by atoms with E-state index in [4.69, 9.17) is 10.5 Å². The van der Waals surface area contributed by atoms with Crippen LogP contribution in [0.4, 0.5) is 32.2 Å². The van der Waals surface area contributed by atoms with Crippen LogP contribution in [-0.2, 0) is 17.3 Å². The zero-order valence-electron chi connectivity index (χ0n) is 22.4. The number of H-pyrrole nitrogens is 1. The van der Waals surface area contributed by atoms with Crippen LogP contribution in [0.15, 0.2) is 30.9 Å². The first-order chi connectivity index (χ1) is 20.3. The van der Waals surface area contributed by atoms with Crippen LogP contribution >= 0.6 is 0 Å². The first kappa shape index (κ1) is 29.5. The maximum atomic E-state index is 13.5. The van der Waals surface area contributed by atoms with Gasteiger partial charge in [0.05, 0.1) is 29.5 Å². The molecule has 5 N–H and O–H groups in total. The van der Waals surface area contributed by atoms with Gasteiger partial charge in [0.15, 0.2) is 17.7 Å². The molecule has 1 aliphatic heterocycles. The lowest BCUT2D eigenvalue weighted by Gasteiger charge is -2.44. The summed E-state index contributed by atoms with van der Waals surface area (Å²) in [6.45, 7) is -1.50. The average molecular weight is 615 g/mol. The third kappa shape index (κ3) is 5.98. The van der Waals surface area contributed by atoms with Crippen LogP contribution in [-0.4, -0.2) is 88.2 Å². The van der Waals surface area contributed by atoms with Crippen LogP contribution in [0.1, 0.15) is 36.9 Å². The zero-order chi connectivity index (χ0) is 30.7. The topological polar surface area (TPSA) is 151 Å². The minimum atomic E-state index is -4.51. The lowest BCUT2D eigenvalue weighted by Crippen LogP contribution is -2.52. The molecule has 17 heteroatoms. The first-order valence-electron chi connectivity index (χ1n) is 13.6. The summed E-state index contributed by atoms with van der Waals surface area (Å²) in [5.74, 6) is 0.682. The molecule has 6 rings (SSSR count). The number of fused-ring (bicyclic) bond motifs is 2. The summed E-state index contributed by atoms with van der Waals surface area (Å²) >= 11 is 0. The van der Waals surface area contributed by atoms with Gasteiger partial charge in [0.1, 0.15) is 36.0 Å². The summed E-state index contributed by atoms with van der Waals surface area (Å²) in [6.07, 6.45) is -9.79. The molecule has 11 nitrogen and oxygen atoms in total. The van der Waals surface area contributed by atoms with Crippen molar-refractivity contribution >= 4 is 28.0 Å². The molecule has 43 heavy (non-hydrogen) atoms. The molecule has 1 aromatic carbocycles. The van der Waals surface area contributed by atoms with Crippen LogP contribution in [0.5, 0.6) is 0 Å². The molecule has 1 saturated carbocycles.